The lowest BCUT2D eigenvalue weighted by Crippen LogP contribution is -2.28. The Labute approximate surface area is 139 Å². The Morgan fingerprint density at radius 2 is 2.17 bits per heavy atom. The number of aryl methyl sites for hydroxylation is 1. The molecule has 0 amide bonds. The van der Waals surface area contributed by atoms with Gasteiger partial charge in [-0.2, -0.15) is 4.98 Å². The second kappa shape index (κ2) is 6.97. The van der Waals surface area contributed by atoms with Gasteiger partial charge in [-0.3, -0.25) is 4.98 Å². The number of nitrogens with zero attached hydrogens (tertiary/aromatic N) is 3. The number of aromatic nitrogens is 3. The number of anilines is 1. The lowest BCUT2D eigenvalue weighted by atomic mass is 10.1. The highest BCUT2D eigenvalue weighted by Gasteiger charge is 2.09. The van der Waals surface area contributed by atoms with Crippen LogP contribution >= 0.6 is 12.2 Å². The number of thiocarbonyl (C=S) groups is 1. The standard InChI is InChI=1S/C16H15N5OS/c1-11-4-2-5-12(8-11)15-20-14(22-21-15)10-18-16(23)19-13-6-3-7-17-9-13/h2-9H,10H2,1H3,(H2,18,19,23). The first-order chi connectivity index (χ1) is 11.2. The van der Waals surface area contributed by atoms with Crippen molar-refractivity contribution in [2.75, 3.05) is 5.32 Å². The molecule has 0 radical (unpaired) electrons. The summed E-state index contributed by atoms with van der Waals surface area (Å²) in [6, 6.07) is 11.7. The van der Waals surface area contributed by atoms with E-state index in [2.05, 4.69) is 25.8 Å². The van der Waals surface area contributed by atoms with Gasteiger partial charge in [-0.1, -0.05) is 28.9 Å². The zero-order valence-corrected chi connectivity index (χ0v) is 13.3. The zero-order chi connectivity index (χ0) is 16.1. The van der Waals surface area contributed by atoms with E-state index in [9.17, 15) is 0 Å². The minimum Gasteiger partial charge on any atom is -0.353 e. The van der Waals surface area contributed by atoms with Gasteiger partial charge in [-0.15, -0.1) is 0 Å². The highest BCUT2D eigenvalue weighted by Crippen LogP contribution is 2.16. The SMILES string of the molecule is Cc1cccc(-c2noc(CNC(=S)Nc3cccnc3)n2)c1. The molecule has 2 N–H and O–H groups in total. The Morgan fingerprint density at radius 1 is 1.26 bits per heavy atom. The summed E-state index contributed by atoms with van der Waals surface area (Å²) in [5.41, 5.74) is 2.89. The van der Waals surface area contributed by atoms with E-state index in [0.717, 1.165) is 16.8 Å². The van der Waals surface area contributed by atoms with Crippen molar-refractivity contribution >= 4 is 23.0 Å². The van der Waals surface area contributed by atoms with Crippen LogP contribution in [0.5, 0.6) is 0 Å². The molecule has 6 nitrogen and oxygen atoms in total. The maximum absolute atomic E-state index is 5.24. The number of rotatable bonds is 4. The van der Waals surface area contributed by atoms with Crippen molar-refractivity contribution in [3.05, 3.63) is 60.2 Å². The summed E-state index contributed by atoms with van der Waals surface area (Å²) in [6.07, 6.45) is 3.39. The van der Waals surface area contributed by atoms with E-state index in [1.165, 1.54) is 0 Å². The fourth-order valence-electron chi connectivity index (χ4n) is 2.00. The highest BCUT2D eigenvalue weighted by atomic mass is 32.1. The molecule has 0 spiro atoms. The van der Waals surface area contributed by atoms with E-state index in [1.807, 2.05) is 43.3 Å². The van der Waals surface area contributed by atoms with Gasteiger partial charge < -0.3 is 15.2 Å². The summed E-state index contributed by atoms with van der Waals surface area (Å²) in [6.45, 7) is 2.37. The monoisotopic (exact) mass is 325 g/mol. The van der Waals surface area contributed by atoms with Gasteiger partial charge >= 0.3 is 0 Å². The van der Waals surface area contributed by atoms with Crippen LogP contribution in [0.4, 0.5) is 5.69 Å². The van der Waals surface area contributed by atoms with Gasteiger partial charge in [0.25, 0.3) is 0 Å². The summed E-state index contributed by atoms with van der Waals surface area (Å²) < 4.78 is 5.24. The van der Waals surface area contributed by atoms with Crippen LogP contribution in [0.3, 0.4) is 0 Å². The van der Waals surface area contributed by atoms with Crippen LogP contribution in [0.15, 0.2) is 53.3 Å². The Balaban J connectivity index is 1.58. The quantitative estimate of drug-likeness (QED) is 0.714. The molecule has 2 aromatic heterocycles. The van der Waals surface area contributed by atoms with Crippen molar-refractivity contribution in [3.63, 3.8) is 0 Å². The first-order valence-corrected chi connectivity index (χ1v) is 7.46. The van der Waals surface area contributed by atoms with Crippen LogP contribution in [0.2, 0.25) is 0 Å². The van der Waals surface area contributed by atoms with Crippen molar-refractivity contribution < 1.29 is 4.52 Å². The van der Waals surface area contributed by atoms with Crippen LogP contribution in [0, 0.1) is 6.92 Å². The molecule has 0 bridgehead atoms. The number of nitrogens with one attached hydrogen (secondary N) is 2. The molecule has 3 rings (SSSR count). The van der Waals surface area contributed by atoms with Crippen LogP contribution in [0.1, 0.15) is 11.5 Å². The van der Waals surface area contributed by atoms with E-state index in [0.29, 0.717) is 23.4 Å². The van der Waals surface area contributed by atoms with Gasteiger partial charge in [0.15, 0.2) is 5.11 Å². The fraction of sp³-hybridized carbons (Fsp3) is 0.125. The van der Waals surface area contributed by atoms with E-state index in [-0.39, 0.29) is 0 Å². The Bertz CT molecular complexity index is 803. The largest absolute Gasteiger partial charge is 0.353 e. The van der Waals surface area contributed by atoms with Crippen molar-refractivity contribution in [3.8, 4) is 11.4 Å². The third-order valence-corrected chi connectivity index (χ3v) is 3.31. The Kier molecular flexibility index (Phi) is 4.58. The molecular formula is C16H15N5OS. The molecule has 116 valence electrons. The molecule has 3 aromatic rings. The van der Waals surface area contributed by atoms with Crippen molar-refractivity contribution in [1.29, 1.82) is 0 Å². The van der Waals surface area contributed by atoms with Crippen LogP contribution < -0.4 is 10.6 Å². The minimum absolute atomic E-state index is 0.352. The van der Waals surface area contributed by atoms with Crippen LogP contribution in [-0.2, 0) is 6.54 Å². The molecule has 0 aliphatic heterocycles. The highest BCUT2D eigenvalue weighted by molar-refractivity contribution is 7.80. The Hall–Kier alpha value is -2.80. The second-order valence-corrected chi connectivity index (χ2v) is 5.34. The third kappa shape index (κ3) is 4.10. The van der Waals surface area contributed by atoms with Gasteiger partial charge in [-0.25, -0.2) is 0 Å². The number of hydrogen-bond acceptors (Lipinski definition) is 5. The smallest absolute Gasteiger partial charge is 0.246 e. The predicted molar refractivity (Wildman–Crippen MR) is 91.8 cm³/mol. The summed E-state index contributed by atoms with van der Waals surface area (Å²) in [5, 5.41) is 10.5. The minimum atomic E-state index is 0.352. The molecule has 2 heterocycles. The molecule has 1 aromatic carbocycles. The number of benzene rings is 1. The molecule has 0 aliphatic carbocycles. The van der Waals surface area contributed by atoms with E-state index < -0.39 is 0 Å². The summed E-state index contributed by atoms with van der Waals surface area (Å²) in [4.78, 5) is 8.37. The maximum Gasteiger partial charge on any atom is 0.246 e. The van der Waals surface area contributed by atoms with Gasteiger partial charge in [-0.05, 0) is 37.3 Å². The molecule has 7 heteroatoms. The lowest BCUT2D eigenvalue weighted by molar-refractivity contribution is 0.376. The Morgan fingerprint density at radius 3 is 2.96 bits per heavy atom. The van der Waals surface area contributed by atoms with Gasteiger partial charge in [0.05, 0.1) is 18.4 Å². The average Bonchev–Trinajstić information content (AvgIpc) is 3.03. The van der Waals surface area contributed by atoms with E-state index in [1.54, 1.807) is 12.4 Å². The average molecular weight is 325 g/mol. The first-order valence-electron chi connectivity index (χ1n) is 7.05. The van der Waals surface area contributed by atoms with Gasteiger partial charge in [0.1, 0.15) is 0 Å². The summed E-state index contributed by atoms with van der Waals surface area (Å²) >= 11 is 5.21. The molecule has 0 saturated carbocycles. The molecule has 0 atom stereocenters. The van der Waals surface area contributed by atoms with E-state index >= 15 is 0 Å². The molecule has 0 saturated heterocycles. The molecule has 0 aliphatic rings. The lowest BCUT2D eigenvalue weighted by Gasteiger charge is -2.07. The molecular weight excluding hydrogens is 310 g/mol. The van der Waals surface area contributed by atoms with Gasteiger partial charge in [0.2, 0.25) is 11.7 Å². The van der Waals surface area contributed by atoms with Crippen LogP contribution in [-0.4, -0.2) is 20.2 Å². The molecule has 23 heavy (non-hydrogen) atoms. The molecule has 0 unspecified atom stereocenters. The van der Waals surface area contributed by atoms with Crippen molar-refractivity contribution in [2.24, 2.45) is 0 Å². The molecule has 0 fully saturated rings. The van der Waals surface area contributed by atoms with Crippen molar-refractivity contribution in [1.82, 2.24) is 20.4 Å². The van der Waals surface area contributed by atoms with Gasteiger partial charge in [0, 0.05) is 11.8 Å². The maximum atomic E-state index is 5.24. The summed E-state index contributed by atoms with van der Waals surface area (Å²) in [5.74, 6) is 1.04. The summed E-state index contributed by atoms with van der Waals surface area (Å²) in [7, 11) is 0. The van der Waals surface area contributed by atoms with Crippen LogP contribution in [0.25, 0.3) is 11.4 Å². The topological polar surface area (TPSA) is 75.9 Å². The second-order valence-electron chi connectivity index (χ2n) is 4.93. The first kappa shape index (κ1) is 15.1. The van der Waals surface area contributed by atoms with Crippen molar-refractivity contribution in [2.45, 2.75) is 13.5 Å². The zero-order valence-electron chi connectivity index (χ0n) is 12.5. The predicted octanol–water partition coefficient (Wildman–Crippen LogP) is 2.93. The fourth-order valence-corrected chi connectivity index (χ4v) is 2.19. The normalized spacial score (nSPS) is 10.3. The third-order valence-electron chi connectivity index (χ3n) is 3.06. The number of pyridine rings is 1. The number of hydrogen-bond donors (Lipinski definition) is 2. The van der Waals surface area contributed by atoms with E-state index in [4.69, 9.17) is 16.7 Å².